The Morgan fingerprint density at radius 2 is 1.26 bits per heavy atom. The van der Waals surface area contributed by atoms with Gasteiger partial charge in [-0.25, -0.2) is 13.2 Å². The maximum absolute atomic E-state index is 14.4. The first kappa shape index (κ1) is 47.1. The summed E-state index contributed by atoms with van der Waals surface area (Å²) in [6.45, 7) is 13.2. The second kappa shape index (κ2) is 20.4. The molecule has 2 aromatic rings. The van der Waals surface area contributed by atoms with E-state index in [0.29, 0.717) is 18.4 Å². The van der Waals surface area contributed by atoms with Crippen LogP contribution in [0.4, 0.5) is 4.79 Å². The van der Waals surface area contributed by atoms with Crippen LogP contribution in [0.1, 0.15) is 84.9 Å². The lowest BCUT2D eigenvalue weighted by molar-refractivity contribution is -0.157. The number of alkyl carbamates (subject to hydrolysis) is 1. The zero-order valence-electron chi connectivity index (χ0n) is 34.7. The second-order valence-electron chi connectivity index (χ2n) is 16.8. The van der Waals surface area contributed by atoms with Crippen molar-refractivity contribution in [3.63, 3.8) is 0 Å². The lowest BCUT2D eigenvalue weighted by atomic mass is 9.93. The zero-order valence-corrected chi connectivity index (χ0v) is 35.6. The van der Waals surface area contributed by atoms with E-state index in [4.69, 9.17) is 14.2 Å². The van der Waals surface area contributed by atoms with Crippen LogP contribution >= 0.6 is 0 Å². The molecule has 0 fully saturated rings. The molecule has 0 saturated heterocycles. The molecule has 0 spiro atoms. The molecule has 58 heavy (non-hydrogen) atoms. The quantitative estimate of drug-likeness (QED) is 0.133. The minimum absolute atomic E-state index is 0.111. The highest BCUT2D eigenvalue weighted by molar-refractivity contribution is 7.93. The number of hydrogen-bond donors (Lipinski definition) is 4. The fourth-order valence-electron chi connectivity index (χ4n) is 6.16. The van der Waals surface area contributed by atoms with Gasteiger partial charge in [-0.05, 0) is 82.9 Å². The number of carbonyl (C=O) groups excluding carboxylic acids is 6. The molecule has 0 heterocycles. The van der Waals surface area contributed by atoms with Gasteiger partial charge in [0.2, 0.25) is 17.7 Å². The summed E-state index contributed by atoms with van der Waals surface area (Å²) in [5.41, 5.74) is 0.878. The molecule has 4 amide bonds. The van der Waals surface area contributed by atoms with Crippen molar-refractivity contribution >= 4 is 45.6 Å². The average Bonchev–Trinajstić information content (AvgIpc) is 3.53. The Bertz CT molecular complexity index is 1890. The van der Waals surface area contributed by atoms with Gasteiger partial charge in [-0.2, -0.15) is 0 Å². The predicted octanol–water partition coefficient (Wildman–Crippen LogP) is 3.83. The maximum Gasteiger partial charge on any atom is 0.408 e. The van der Waals surface area contributed by atoms with Crippen molar-refractivity contribution in [1.82, 2.24) is 21.3 Å². The fraction of sp³-hybridized carbons (Fsp3) is 0.524. The molecule has 1 unspecified atom stereocenters. The van der Waals surface area contributed by atoms with Crippen LogP contribution in [-0.2, 0) is 67.5 Å². The van der Waals surface area contributed by atoms with Crippen molar-refractivity contribution in [2.24, 2.45) is 11.8 Å². The number of hydrogen-bond acceptors (Lipinski definition) is 11. The molecule has 0 saturated carbocycles. The monoisotopic (exact) mass is 826 g/mol. The van der Waals surface area contributed by atoms with Gasteiger partial charge in [0.05, 0.1) is 18.9 Å². The van der Waals surface area contributed by atoms with E-state index in [1.165, 1.54) is 0 Å². The Kier molecular flexibility index (Phi) is 16.6. The number of ether oxygens (including phenoxy) is 3. The summed E-state index contributed by atoms with van der Waals surface area (Å²) < 4.78 is 40.1. The van der Waals surface area contributed by atoms with Crippen LogP contribution in [0.5, 0.6) is 0 Å². The largest absolute Gasteiger partial charge is 0.460 e. The molecule has 16 heteroatoms. The van der Waals surface area contributed by atoms with Gasteiger partial charge in [-0.1, -0.05) is 74.5 Å². The highest BCUT2D eigenvalue weighted by Gasteiger charge is 2.39. The van der Waals surface area contributed by atoms with Crippen molar-refractivity contribution in [1.29, 1.82) is 0 Å². The zero-order chi connectivity index (χ0) is 43.4. The minimum atomic E-state index is -3.64. The number of rotatable bonds is 17. The van der Waals surface area contributed by atoms with Crippen LogP contribution in [0.25, 0.3) is 0 Å². The summed E-state index contributed by atoms with van der Waals surface area (Å²) >= 11 is 0. The topological polar surface area (TPSA) is 212 Å². The third-order valence-electron chi connectivity index (χ3n) is 8.69. The van der Waals surface area contributed by atoms with E-state index in [9.17, 15) is 37.2 Å². The summed E-state index contributed by atoms with van der Waals surface area (Å²) in [5.74, 6) is -4.81. The van der Waals surface area contributed by atoms with Crippen molar-refractivity contribution in [2.75, 3.05) is 6.26 Å². The molecule has 0 aliphatic heterocycles. The summed E-state index contributed by atoms with van der Waals surface area (Å²) in [6, 6.07) is 11.3. The van der Waals surface area contributed by atoms with E-state index < -0.39 is 106 Å². The van der Waals surface area contributed by atoms with E-state index in [1.807, 2.05) is 24.3 Å². The minimum Gasteiger partial charge on any atom is -0.460 e. The average molecular weight is 827 g/mol. The van der Waals surface area contributed by atoms with Gasteiger partial charge in [0, 0.05) is 11.7 Å². The summed E-state index contributed by atoms with van der Waals surface area (Å²) in [6.07, 6.45) is 0.952. The first-order valence-electron chi connectivity index (χ1n) is 19.2. The Morgan fingerprint density at radius 3 is 1.78 bits per heavy atom. The summed E-state index contributed by atoms with van der Waals surface area (Å²) in [5, 5.41) is 11.5. The number of sulfone groups is 1. The smallest absolute Gasteiger partial charge is 0.408 e. The molecule has 1 aliphatic rings. The molecular formula is C42H58N4O11S. The predicted molar refractivity (Wildman–Crippen MR) is 216 cm³/mol. The van der Waals surface area contributed by atoms with E-state index in [1.54, 1.807) is 85.7 Å². The number of benzene rings is 2. The van der Waals surface area contributed by atoms with Gasteiger partial charge >= 0.3 is 18.0 Å². The molecular weight excluding hydrogens is 769 g/mol. The molecule has 3 rings (SSSR count). The Labute approximate surface area is 341 Å². The van der Waals surface area contributed by atoms with Crippen LogP contribution < -0.4 is 21.3 Å². The van der Waals surface area contributed by atoms with Gasteiger partial charge in [0.1, 0.15) is 35.9 Å². The molecule has 1 aliphatic carbocycles. The van der Waals surface area contributed by atoms with Crippen LogP contribution in [-0.4, -0.2) is 85.8 Å². The standard InChI is InChI=1S/C42H58N4O11S/c1-26(2)35(38(50)43-31(19-20-58(9,53)54)23-33(47)56-41(3,4)5)45-39(51)36(30-21-28-17-13-14-18-29(28)22-30)46-37(49)32(24-34(48)57-42(6,7)8)44-40(52)55-25-27-15-11-10-12-16-27/h10-20,26,30-32,35-36H,21-25H2,1-9H3,(H,43,50)(H,44,52)(H,45,51)(H,46,49)/b20-19+/t31-,32+,35+,36?/m1/s1. The van der Waals surface area contributed by atoms with Crippen molar-refractivity contribution in [2.45, 2.75) is 123 Å². The number of fused-ring (bicyclic) bond motifs is 1. The first-order valence-corrected chi connectivity index (χ1v) is 21.1. The third kappa shape index (κ3) is 16.7. The lowest BCUT2D eigenvalue weighted by Gasteiger charge is -2.30. The van der Waals surface area contributed by atoms with E-state index in [2.05, 4.69) is 21.3 Å². The molecule has 0 bridgehead atoms. The van der Waals surface area contributed by atoms with Crippen LogP contribution in [0.15, 0.2) is 66.1 Å². The van der Waals surface area contributed by atoms with Crippen LogP contribution in [0, 0.1) is 11.8 Å². The highest BCUT2D eigenvalue weighted by atomic mass is 32.2. The number of esters is 2. The van der Waals surface area contributed by atoms with Crippen LogP contribution in [0.2, 0.25) is 0 Å². The van der Waals surface area contributed by atoms with Crippen molar-refractivity contribution < 1.29 is 51.4 Å². The number of amides is 4. The van der Waals surface area contributed by atoms with Gasteiger partial charge in [-0.3, -0.25) is 24.0 Å². The molecule has 2 aromatic carbocycles. The number of carbonyl (C=O) groups is 6. The molecule has 4 atom stereocenters. The molecule has 15 nitrogen and oxygen atoms in total. The Morgan fingerprint density at radius 1 is 0.724 bits per heavy atom. The molecule has 4 N–H and O–H groups in total. The third-order valence-corrected chi connectivity index (χ3v) is 9.34. The van der Waals surface area contributed by atoms with Crippen molar-refractivity contribution in [3.05, 3.63) is 82.8 Å². The van der Waals surface area contributed by atoms with Gasteiger partial charge in [-0.15, -0.1) is 0 Å². The maximum atomic E-state index is 14.4. The Balaban J connectivity index is 1.90. The van der Waals surface area contributed by atoms with E-state index >= 15 is 0 Å². The SMILES string of the molecule is CC(C)[C@H](NC(=O)C(NC(=O)[C@H](CC(=O)OC(C)(C)C)NC(=O)OCc1ccccc1)C1Cc2ccccc2C1)C(=O)N[C@H](/C=C/S(C)(=O)=O)CC(=O)OC(C)(C)C. The molecule has 0 radical (unpaired) electrons. The van der Waals surface area contributed by atoms with Gasteiger partial charge < -0.3 is 35.5 Å². The van der Waals surface area contributed by atoms with Gasteiger partial charge in [0.25, 0.3) is 0 Å². The normalized spacial score (nSPS) is 15.3. The number of nitrogens with one attached hydrogen (secondary N) is 4. The molecule has 318 valence electrons. The van der Waals surface area contributed by atoms with E-state index in [-0.39, 0.29) is 6.61 Å². The van der Waals surface area contributed by atoms with E-state index in [0.717, 1.165) is 28.9 Å². The molecule has 0 aromatic heterocycles. The highest BCUT2D eigenvalue weighted by Crippen LogP contribution is 2.29. The van der Waals surface area contributed by atoms with Gasteiger partial charge in [0.15, 0.2) is 9.84 Å². The summed E-state index contributed by atoms with van der Waals surface area (Å²) in [7, 11) is -3.64. The first-order chi connectivity index (χ1) is 26.9. The van der Waals surface area contributed by atoms with Crippen molar-refractivity contribution in [3.8, 4) is 0 Å². The second-order valence-corrected chi connectivity index (χ2v) is 18.7. The Hall–Kier alpha value is -5.25. The van der Waals surface area contributed by atoms with Crippen LogP contribution in [0.3, 0.4) is 0 Å². The summed E-state index contributed by atoms with van der Waals surface area (Å²) in [4.78, 5) is 81.0. The fourth-order valence-corrected chi connectivity index (χ4v) is 6.64. The lowest BCUT2D eigenvalue weighted by Crippen LogP contribution is -2.60.